The molecule has 1 amide bonds. The number of anilines is 2. The number of benzene rings is 1. The summed E-state index contributed by atoms with van der Waals surface area (Å²) in [5.74, 6) is 1.18. The van der Waals surface area contributed by atoms with Crippen LogP contribution in [0, 0.1) is 0 Å². The minimum atomic E-state index is -0.0526. The Bertz CT molecular complexity index is 993. The molecule has 0 bridgehead atoms. The Kier molecular flexibility index (Phi) is 6.20. The standard InChI is InChI=1S/C21H24N6O2S/c1-29-16-6-4-14(5-7-16)17-11-24-20(22)26-19(17)15-3-2-9-27(12-15)13-18(28)25-21-23-8-10-30-21/h4-8,10-11,15H,2-3,9,12-13H2,1H3,(H2,22,24,26)(H,23,25,28)/t15-/m1/s1. The molecule has 8 nitrogen and oxygen atoms in total. The molecule has 0 radical (unpaired) electrons. The van der Waals surface area contributed by atoms with Crippen LogP contribution >= 0.6 is 11.3 Å². The van der Waals surface area contributed by atoms with Crippen LogP contribution in [0.5, 0.6) is 5.75 Å². The zero-order valence-electron chi connectivity index (χ0n) is 16.7. The van der Waals surface area contributed by atoms with Crippen LogP contribution < -0.4 is 15.8 Å². The Morgan fingerprint density at radius 2 is 2.17 bits per heavy atom. The van der Waals surface area contributed by atoms with Gasteiger partial charge in [0, 0.05) is 35.8 Å². The first-order valence-corrected chi connectivity index (χ1v) is 10.7. The quantitative estimate of drug-likeness (QED) is 0.626. The molecule has 1 aromatic carbocycles. The van der Waals surface area contributed by atoms with E-state index < -0.39 is 0 Å². The Morgan fingerprint density at radius 3 is 2.90 bits per heavy atom. The van der Waals surface area contributed by atoms with E-state index in [-0.39, 0.29) is 17.8 Å². The summed E-state index contributed by atoms with van der Waals surface area (Å²) in [6.07, 6.45) is 5.44. The van der Waals surface area contributed by atoms with Gasteiger partial charge >= 0.3 is 0 Å². The Labute approximate surface area is 179 Å². The van der Waals surface area contributed by atoms with Crippen LogP contribution in [0.3, 0.4) is 0 Å². The second kappa shape index (κ2) is 9.19. The molecule has 2 aromatic heterocycles. The predicted molar refractivity (Wildman–Crippen MR) is 118 cm³/mol. The number of nitrogen functional groups attached to an aromatic ring is 1. The van der Waals surface area contributed by atoms with Crippen molar-refractivity contribution in [1.29, 1.82) is 0 Å². The van der Waals surface area contributed by atoms with Crippen LogP contribution in [0.15, 0.2) is 42.0 Å². The minimum absolute atomic E-state index is 0.0526. The topological polar surface area (TPSA) is 106 Å². The predicted octanol–water partition coefficient (Wildman–Crippen LogP) is 3.01. The fraction of sp³-hybridized carbons (Fsp3) is 0.333. The van der Waals surface area contributed by atoms with Crippen molar-refractivity contribution in [3.05, 3.63) is 47.7 Å². The number of nitrogens with one attached hydrogen (secondary N) is 1. The third-order valence-electron chi connectivity index (χ3n) is 5.18. The summed E-state index contributed by atoms with van der Waals surface area (Å²) in [5, 5.41) is 5.31. The minimum Gasteiger partial charge on any atom is -0.497 e. The Balaban J connectivity index is 1.51. The van der Waals surface area contributed by atoms with E-state index in [0.717, 1.165) is 48.5 Å². The number of thiazole rings is 1. The zero-order chi connectivity index (χ0) is 20.9. The molecule has 1 aliphatic rings. The van der Waals surface area contributed by atoms with E-state index in [1.807, 2.05) is 29.6 Å². The molecular weight excluding hydrogens is 400 g/mol. The smallest absolute Gasteiger partial charge is 0.240 e. The van der Waals surface area contributed by atoms with E-state index in [1.54, 1.807) is 19.5 Å². The molecule has 1 aliphatic heterocycles. The van der Waals surface area contributed by atoms with Gasteiger partial charge in [0.25, 0.3) is 0 Å². The highest BCUT2D eigenvalue weighted by atomic mass is 32.1. The van der Waals surface area contributed by atoms with Crippen LogP contribution in [-0.2, 0) is 4.79 Å². The van der Waals surface area contributed by atoms with Crippen LogP contribution in [0.1, 0.15) is 24.5 Å². The van der Waals surface area contributed by atoms with Crippen LogP contribution in [0.2, 0.25) is 0 Å². The van der Waals surface area contributed by atoms with Crippen molar-refractivity contribution < 1.29 is 9.53 Å². The number of carbonyl (C=O) groups is 1. The molecular formula is C21H24N6O2S. The average molecular weight is 425 g/mol. The highest BCUT2D eigenvalue weighted by molar-refractivity contribution is 7.13. The van der Waals surface area contributed by atoms with Gasteiger partial charge in [0.1, 0.15) is 5.75 Å². The number of hydrogen-bond donors (Lipinski definition) is 2. The van der Waals surface area contributed by atoms with Gasteiger partial charge in [-0.25, -0.2) is 15.0 Å². The van der Waals surface area contributed by atoms with Gasteiger partial charge in [0.05, 0.1) is 19.3 Å². The average Bonchev–Trinajstić information content (AvgIpc) is 3.27. The first-order chi connectivity index (χ1) is 14.6. The number of aromatic nitrogens is 3. The first-order valence-electron chi connectivity index (χ1n) is 9.81. The highest BCUT2D eigenvalue weighted by Gasteiger charge is 2.26. The van der Waals surface area contributed by atoms with E-state index in [1.165, 1.54) is 11.3 Å². The van der Waals surface area contributed by atoms with Crippen LogP contribution in [0.4, 0.5) is 11.1 Å². The number of nitrogens with zero attached hydrogens (tertiary/aromatic N) is 4. The number of amides is 1. The van der Waals surface area contributed by atoms with Crippen LogP contribution in [-0.4, -0.2) is 52.5 Å². The number of rotatable bonds is 6. The van der Waals surface area contributed by atoms with E-state index >= 15 is 0 Å². The molecule has 9 heteroatoms. The van der Waals surface area contributed by atoms with E-state index in [9.17, 15) is 4.79 Å². The van der Waals surface area contributed by atoms with Crippen molar-refractivity contribution in [2.45, 2.75) is 18.8 Å². The largest absolute Gasteiger partial charge is 0.497 e. The Hall–Kier alpha value is -3.04. The number of likely N-dealkylation sites (tertiary alicyclic amines) is 1. The normalized spacial score (nSPS) is 16.9. The first kappa shape index (κ1) is 20.2. The lowest BCUT2D eigenvalue weighted by molar-refractivity contribution is -0.117. The van der Waals surface area contributed by atoms with E-state index in [0.29, 0.717) is 11.7 Å². The number of hydrogen-bond acceptors (Lipinski definition) is 8. The van der Waals surface area contributed by atoms with Gasteiger partial charge < -0.3 is 15.8 Å². The second-order valence-corrected chi connectivity index (χ2v) is 8.11. The van der Waals surface area contributed by atoms with Crippen LogP contribution in [0.25, 0.3) is 11.1 Å². The third kappa shape index (κ3) is 4.74. The van der Waals surface area contributed by atoms with Gasteiger partial charge in [-0.2, -0.15) is 0 Å². The fourth-order valence-corrected chi connectivity index (χ4v) is 4.33. The Morgan fingerprint density at radius 1 is 1.33 bits per heavy atom. The number of carbonyl (C=O) groups excluding carboxylic acids is 1. The molecule has 3 heterocycles. The van der Waals surface area contributed by atoms with Crippen molar-refractivity contribution in [2.24, 2.45) is 0 Å². The summed E-state index contributed by atoms with van der Waals surface area (Å²) in [4.78, 5) is 27.5. The van der Waals surface area contributed by atoms with Crippen molar-refractivity contribution >= 4 is 28.3 Å². The third-order valence-corrected chi connectivity index (χ3v) is 5.86. The van der Waals surface area contributed by atoms with Gasteiger partial charge in [-0.1, -0.05) is 12.1 Å². The van der Waals surface area contributed by atoms with E-state index in [4.69, 9.17) is 10.5 Å². The lowest BCUT2D eigenvalue weighted by Gasteiger charge is -2.32. The molecule has 1 saturated heterocycles. The lowest BCUT2D eigenvalue weighted by Crippen LogP contribution is -2.40. The maximum atomic E-state index is 12.4. The summed E-state index contributed by atoms with van der Waals surface area (Å²) in [6, 6.07) is 7.84. The number of piperidine rings is 1. The summed E-state index contributed by atoms with van der Waals surface area (Å²) >= 11 is 1.41. The number of nitrogens with two attached hydrogens (primary N) is 1. The van der Waals surface area contributed by atoms with Crippen molar-refractivity contribution in [1.82, 2.24) is 19.9 Å². The molecule has 0 saturated carbocycles. The summed E-state index contributed by atoms with van der Waals surface area (Å²) < 4.78 is 5.26. The van der Waals surface area contributed by atoms with Crippen molar-refractivity contribution in [3.63, 3.8) is 0 Å². The molecule has 3 N–H and O–H groups in total. The zero-order valence-corrected chi connectivity index (χ0v) is 17.6. The van der Waals surface area contributed by atoms with Crippen molar-refractivity contribution in [2.75, 3.05) is 37.8 Å². The number of ether oxygens (including phenoxy) is 1. The molecule has 3 aromatic rings. The molecule has 0 spiro atoms. The monoisotopic (exact) mass is 424 g/mol. The fourth-order valence-electron chi connectivity index (χ4n) is 3.78. The summed E-state index contributed by atoms with van der Waals surface area (Å²) in [7, 11) is 1.65. The van der Waals surface area contributed by atoms with Gasteiger partial charge in [-0.05, 0) is 37.1 Å². The summed E-state index contributed by atoms with van der Waals surface area (Å²) in [6.45, 7) is 1.94. The molecule has 1 fully saturated rings. The molecule has 30 heavy (non-hydrogen) atoms. The van der Waals surface area contributed by atoms with Gasteiger partial charge in [0.2, 0.25) is 11.9 Å². The number of methoxy groups -OCH3 is 1. The molecule has 4 rings (SSSR count). The van der Waals surface area contributed by atoms with E-state index in [2.05, 4.69) is 25.2 Å². The summed E-state index contributed by atoms with van der Waals surface area (Å²) in [5.41, 5.74) is 8.83. The molecule has 0 unspecified atom stereocenters. The van der Waals surface area contributed by atoms with Gasteiger partial charge in [-0.3, -0.25) is 9.69 Å². The second-order valence-electron chi connectivity index (χ2n) is 7.22. The van der Waals surface area contributed by atoms with Gasteiger partial charge in [-0.15, -0.1) is 11.3 Å². The maximum absolute atomic E-state index is 12.4. The lowest BCUT2D eigenvalue weighted by atomic mass is 9.90. The molecule has 156 valence electrons. The maximum Gasteiger partial charge on any atom is 0.240 e. The van der Waals surface area contributed by atoms with Crippen molar-refractivity contribution in [3.8, 4) is 16.9 Å². The highest BCUT2D eigenvalue weighted by Crippen LogP contribution is 2.34. The molecule has 0 aliphatic carbocycles. The molecule has 1 atom stereocenters. The SMILES string of the molecule is COc1ccc(-c2cnc(N)nc2[C@@H]2CCCN(CC(=O)Nc3nccs3)C2)cc1. The van der Waals surface area contributed by atoms with Gasteiger partial charge in [0.15, 0.2) is 5.13 Å².